The Bertz CT molecular complexity index is 94.7. The summed E-state index contributed by atoms with van der Waals surface area (Å²) < 4.78 is 0. The van der Waals surface area contributed by atoms with Crippen molar-refractivity contribution < 1.29 is 0 Å². The first-order valence-electron chi connectivity index (χ1n) is 2.06. The average molecular weight is 118 g/mol. The fraction of sp³-hybridized carbons (Fsp3) is 0.600. The van der Waals surface area contributed by atoms with Gasteiger partial charge in [-0.3, -0.25) is 0 Å². The Morgan fingerprint density at radius 3 is 2.14 bits per heavy atom. The number of rotatable bonds is 0. The summed E-state index contributed by atoms with van der Waals surface area (Å²) in [4.78, 5) is 0. The molecule has 2 heteroatoms. The third-order valence-corrected chi connectivity index (χ3v) is 1.05. The second-order valence-corrected chi connectivity index (χ2v) is 1.67. The largest absolute Gasteiger partial charge is 0.327 e. The Balaban J connectivity index is 0.000000360. The van der Waals surface area contributed by atoms with Crippen LogP contribution in [0.3, 0.4) is 0 Å². The lowest BCUT2D eigenvalue weighted by Gasteiger charge is -1.70. The van der Waals surface area contributed by atoms with Crippen LogP contribution in [0, 0.1) is 18.3 Å². The summed E-state index contributed by atoms with van der Waals surface area (Å²) in [6.45, 7) is 0. The number of hydrogen-bond donors (Lipinski definition) is 1. The maximum atomic E-state index is 5.33. The van der Waals surface area contributed by atoms with E-state index in [2.05, 4.69) is 5.92 Å². The quantitative estimate of drug-likeness (QED) is 0.457. The van der Waals surface area contributed by atoms with Gasteiger partial charge in [0.05, 0.1) is 0 Å². The molecule has 1 saturated carbocycles. The minimum absolute atomic E-state index is 0. The van der Waals surface area contributed by atoms with Crippen LogP contribution in [0.15, 0.2) is 0 Å². The van der Waals surface area contributed by atoms with Gasteiger partial charge in [0, 0.05) is 12.0 Å². The summed E-state index contributed by atoms with van der Waals surface area (Å²) in [6.07, 6.45) is 6.03. The molecule has 0 aromatic rings. The Labute approximate surface area is 49.7 Å². The van der Waals surface area contributed by atoms with Gasteiger partial charge in [0.15, 0.2) is 0 Å². The van der Waals surface area contributed by atoms with E-state index in [-0.39, 0.29) is 12.4 Å². The normalized spacial score (nSPS) is 35.4. The van der Waals surface area contributed by atoms with E-state index in [1.165, 1.54) is 0 Å². The molecule has 0 aliphatic heterocycles. The molecule has 1 rings (SSSR count). The predicted octanol–water partition coefficient (Wildman–Crippen LogP) is 0.389. The van der Waals surface area contributed by atoms with Crippen LogP contribution in [-0.2, 0) is 0 Å². The first-order valence-corrected chi connectivity index (χ1v) is 2.06. The van der Waals surface area contributed by atoms with Crippen LogP contribution in [0.2, 0.25) is 0 Å². The van der Waals surface area contributed by atoms with Gasteiger partial charge in [0.25, 0.3) is 0 Å². The third kappa shape index (κ3) is 1.38. The first-order chi connectivity index (χ1) is 2.84. The molecule has 1 fully saturated rings. The van der Waals surface area contributed by atoms with Crippen molar-refractivity contribution in [3.05, 3.63) is 0 Å². The SMILES string of the molecule is C#C[C@@H]1C[C@H]1N.Cl. The molecule has 0 unspecified atom stereocenters. The standard InChI is InChI=1S/C5H7N.ClH/c1-2-4-3-5(4)6;/h1,4-5H,3,6H2;1H/t4-,5-;/m1./s1. The average Bonchev–Trinajstić information content (AvgIpc) is 2.19. The lowest BCUT2D eigenvalue weighted by Crippen LogP contribution is -1.99. The number of hydrogen-bond acceptors (Lipinski definition) is 1. The van der Waals surface area contributed by atoms with Gasteiger partial charge >= 0.3 is 0 Å². The Kier molecular flexibility index (Phi) is 2.14. The highest BCUT2D eigenvalue weighted by Crippen LogP contribution is 2.25. The fourth-order valence-electron chi connectivity index (χ4n) is 0.406. The van der Waals surface area contributed by atoms with Crippen molar-refractivity contribution in [2.75, 3.05) is 0 Å². The second-order valence-electron chi connectivity index (χ2n) is 1.67. The highest BCUT2D eigenvalue weighted by atomic mass is 35.5. The summed E-state index contributed by atoms with van der Waals surface area (Å²) in [6, 6.07) is 0.329. The molecule has 7 heavy (non-hydrogen) atoms. The molecule has 0 aromatic heterocycles. The molecule has 1 aliphatic carbocycles. The van der Waals surface area contributed by atoms with Crippen molar-refractivity contribution >= 4 is 12.4 Å². The molecule has 0 spiro atoms. The van der Waals surface area contributed by atoms with Gasteiger partial charge in [-0.05, 0) is 6.42 Å². The van der Waals surface area contributed by atoms with E-state index in [0.29, 0.717) is 12.0 Å². The van der Waals surface area contributed by atoms with Gasteiger partial charge in [0.2, 0.25) is 0 Å². The molecule has 1 aliphatic rings. The number of terminal acetylenes is 1. The van der Waals surface area contributed by atoms with Crippen molar-refractivity contribution in [3.8, 4) is 12.3 Å². The van der Waals surface area contributed by atoms with Crippen molar-refractivity contribution in [2.24, 2.45) is 11.7 Å². The van der Waals surface area contributed by atoms with E-state index in [0.717, 1.165) is 6.42 Å². The molecule has 40 valence electrons. The molecule has 2 N–H and O–H groups in total. The molecule has 2 atom stereocenters. The number of nitrogens with two attached hydrogens (primary N) is 1. The summed E-state index contributed by atoms with van der Waals surface area (Å²) in [5.41, 5.74) is 5.33. The van der Waals surface area contributed by atoms with Crippen LogP contribution < -0.4 is 5.73 Å². The second kappa shape index (κ2) is 2.20. The van der Waals surface area contributed by atoms with E-state index >= 15 is 0 Å². The zero-order valence-corrected chi connectivity index (χ0v) is 4.74. The zero-order chi connectivity index (χ0) is 4.57. The van der Waals surface area contributed by atoms with Crippen LogP contribution in [0.1, 0.15) is 6.42 Å². The fourth-order valence-corrected chi connectivity index (χ4v) is 0.406. The van der Waals surface area contributed by atoms with Crippen LogP contribution in [-0.4, -0.2) is 6.04 Å². The summed E-state index contributed by atoms with van der Waals surface area (Å²) >= 11 is 0. The van der Waals surface area contributed by atoms with E-state index in [1.54, 1.807) is 0 Å². The van der Waals surface area contributed by atoms with Gasteiger partial charge in [0.1, 0.15) is 0 Å². The topological polar surface area (TPSA) is 26.0 Å². The van der Waals surface area contributed by atoms with Crippen molar-refractivity contribution in [3.63, 3.8) is 0 Å². The summed E-state index contributed by atoms with van der Waals surface area (Å²) in [7, 11) is 0. The Morgan fingerprint density at radius 2 is 2.14 bits per heavy atom. The highest BCUT2D eigenvalue weighted by molar-refractivity contribution is 5.85. The van der Waals surface area contributed by atoms with Crippen LogP contribution in [0.5, 0.6) is 0 Å². The summed E-state index contributed by atoms with van der Waals surface area (Å²) in [5, 5.41) is 0. The monoisotopic (exact) mass is 117 g/mol. The van der Waals surface area contributed by atoms with Crippen molar-refractivity contribution in [1.29, 1.82) is 0 Å². The van der Waals surface area contributed by atoms with Crippen molar-refractivity contribution in [2.45, 2.75) is 12.5 Å². The van der Waals surface area contributed by atoms with Crippen LogP contribution in [0.4, 0.5) is 0 Å². The van der Waals surface area contributed by atoms with E-state index < -0.39 is 0 Å². The zero-order valence-electron chi connectivity index (χ0n) is 3.92. The Morgan fingerprint density at radius 1 is 1.71 bits per heavy atom. The minimum Gasteiger partial charge on any atom is -0.327 e. The van der Waals surface area contributed by atoms with E-state index in [9.17, 15) is 0 Å². The van der Waals surface area contributed by atoms with Gasteiger partial charge in [-0.25, -0.2) is 0 Å². The molecule has 0 amide bonds. The summed E-state index contributed by atoms with van der Waals surface area (Å²) in [5.74, 6) is 2.97. The Hall–Kier alpha value is -0.190. The molecule has 0 radical (unpaired) electrons. The molecule has 0 aromatic carbocycles. The molecule has 0 saturated heterocycles. The highest BCUT2D eigenvalue weighted by Gasteiger charge is 2.30. The predicted molar refractivity (Wildman–Crippen MR) is 32.2 cm³/mol. The lowest BCUT2D eigenvalue weighted by molar-refractivity contribution is 1.000. The molecule has 0 bridgehead atoms. The van der Waals surface area contributed by atoms with Crippen LogP contribution >= 0.6 is 12.4 Å². The third-order valence-electron chi connectivity index (χ3n) is 1.05. The molecular weight excluding hydrogens is 110 g/mol. The van der Waals surface area contributed by atoms with Crippen LogP contribution in [0.25, 0.3) is 0 Å². The first kappa shape index (κ1) is 6.81. The number of halogens is 1. The molecule has 0 heterocycles. The van der Waals surface area contributed by atoms with Gasteiger partial charge in [-0.2, -0.15) is 0 Å². The van der Waals surface area contributed by atoms with E-state index in [1.807, 2.05) is 0 Å². The smallest absolute Gasteiger partial charge is 0.0367 e. The molecule has 1 nitrogen and oxygen atoms in total. The van der Waals surface area contributed by atoms with E-state index in [4.69, 9.17) is 12.2 Å². The van der Waals surface area contributed by atoms with Gasteiger partial charge in [-0.1, -0.05) is 0 Å². The lowest BCUT2D eigenvalue weighted by atomic mass is 10.4. The van der Waals surface area contributed by atoms with Crippen molar-refractivity contribution in [1.82, 2.24) is 0 Å². The van der Waals surface area contributed by atoms with Gasteiger partial charge < -0.3 is 5.73 Å². The minimum atomic E-state index is 0. The maximum Gasteiger partial charge on any atom is 0.0367 e. The molecular formula is C5H8ClN. The maximum absolute atomic E-state index is 5.33. The van der Waals surface area contributed by atoms with Gasteiger partial charge in [-0.15, -0.1) is 24.8 Å².